The molecule has 1 saturated heterocycles. The van der Waals surface area contributed by atoms with E-state index in [2.05, 4.69) is 42.2 Å². The van der Waals surface area contributed by atoms with Gasteiger partial charge in [0.05, 0.1) is 0 Å². The van der Waals surface area contributed by atoms with Gasteiger partial charge in [0.2, 0.25) is 0 Å². The minimum absolute atomic E-state index is 0.543. The van der Waals surface area contributed by atoms with Gasteiger partial charge in [-0.05, 0) is 37.5 Å². The van der Waals surface area contributed by atoms with E-state index < -0.39 is 0 Å². The Hall–Kier alpha value is -0.860. The Labute approximate surface area is 92.1 Å². The number of benzene rings is 1. The molecule has 2 unspecified atom stereocenters. The highest BCUT2D eigenvalue weighted by Crippen LogP contribution is 2.35. The predicted octanol–water partition coefficient (Wildman–Crippen LogP) is 2.03. The lowest BCUT2D eigenvalue weighted by Gasteiger charge is -2.27. The quantitative estimate of drug-likeness (QED) is 0.816. The molecular formula is C13H20N2. The Morgan fingerprint density at radius 1 is 1.33 bits per heavy atom. The van der Waals surface area contributed by atoms with Gasteiger partial charge in [-0.2, -0.15) is 0 Å². The second-order valence-electron chi connectivity index (χ2n) is 4.27. The Balaban J connectivity index is 2.23. The van der Waals surface area contributed by atoms with Crippen LogP contribution in [0.3, 0.4) is 0 Å². The van der Waals surface area contributed by atoms with Crippen LogP contribution < -0.4 is 5.73 Å². The maximum absolute atomic E-state index is 5.85. The van der Waals surface area contributed by atoms with Crippen LogP contribution in [0.2, 0.25) is 0 Å². The topological polar surface area (TPSA) is 29.3 Å². The maximum atomic E-state index is 5.85. The van der Waals surface area contributed by atoms with Gasteiger partial charge in [0.25, 0.3) is 0 Å². The zero-order valence-corrected chi connectivity index (χ0v) is 9.39. The molecule has 0 aliphatic carbocycles. The molecule has 1 aromatic rings. The number of hydrogen-bond donors (Lipinski definition) is 1. The van der Waals surface area contributed by atoms with E-state index in [4.69, 9.17) is 5.73 Å². The molecule has 82 valence electrons. The minimum Gasteiger partial charge on any atom is -0.330 e. The highest BCUT2D eigenvalue weighted by molar-refractivity contribution is 5.21. The highest BCUT2D eigenvalue weighted by atomic mass is 15.2. The van der Waals surface area contributed by atoms with Gasteiger partial charge in [-0.1, -0.05) is 37.3 Å². The molecule has 1 aliphatic heterocycles. The first-order chi connectivity index (χ1) is 7.36. The van der Waals surface area contributed by atoms with Crippen LogP contribution in [-0.2, 0) is 0 Å². The van der Waals surface area contributed by atoms with E-state index in [0.717, 1.165) is 13.1 Å². The molecule has 2 atom stereocenters. The van der Waals surface area contributed by atoms with Gasteiger partial charge in [-0.3, -0.25) is 4.90 Å². The van der Waals surface area contributed by atoms with Gasteiger partial charge in [-0.25, -0.2) is 0 Å². The van der Waals surface area contributed by atoms with E-state index in [1.165, 1.54) is 18.5 Å². The van der Waals surface area contributed by atoms with Crippen molar-refractivity contribution in [3.8, 4) is 0 Å². The second-order valence-corrected chi connectivity index (χ2v) is 4.27. The average molecular weight is 204 g/mol. The van der Waals surface area contributed by atoms with Gasteiger partial charge in [0, 0.05) is 6.04 Å². The number of likely N-dealkylation sites (tertiary alicyclic amines) is 1. The van der Waals surface area contributed by atoms with Gasteiger partial charge in [-0.15, -0.1) is 0 Å². The lowest BCUT2D eigenvalue weighted by Crippen LogP contribution is -2.27. The predicted molar refractivity (Wildman–Crippen MR) is 63.6 cm³/mol. The molecule has 2 N–H and O–H groups in total. The molecular weight excluding hydrogens is 184 g/mol. The Morgan fingerprint density at radius 3 is 2.67 bits per heavy atom. The Bertz CT molecular complexity index is 285. The van der Waals surface area contributed by atoms with Crippen LogP contribution in [0, 0.1) is 5.92 Å². The first-order valence-electron chi connectivity index (χ1n) is 5.86. The van der Waals surface area contributed by atoms with E-state index in [-0.39, 0.29) is 0 Å². The highest BCUT2D eigenvalue weighted by Gasteiger charge is 2.32. The van der Waals surface area contributed by atoms with Crippen LogP contribution in [0.1, 0.15) is 24.9 Å². The van der Waals surface area contributed by atoms with E-state index in [9.17, 15) is 0 Å². The summed E-state index contributed by atoms with van der Waals surface area (Å²) in [5, 5.41) is 0. The summed E-state index contributed by atoms with van der Waals surface area (Å²) in [6.45, 7) is 5.35. The Morgan fingerprint density at radius 2 is 2.07 bits per heavy atom. The van der Waals surface area contributed by atoms with Gasteiger partial charge < -0.3 is 5.73 Å². The van der Waals surface area contributed by atoms with Crippen molar-refractivity contribution in [2.24, 2.45) is 11.7 Å². The monoisotopic (exact) mass is 204 g/mol. The van der Waals surface area contributed by atoms with E-state index in [1.54, 1.807) is 0 Å². The van der Waals surface area contributed by atoms with Crippen molar-refractivity contribution in [3.05, 3.63) is 35.9 Å². The third-order valence-corrected chi connectivity index (χ3v) is 3.48. The number of nitrogens with zero attached hydrogens (tertiary/aromatic N) is 1. The summed E-state index contributed by atoms with van der Waals surface area (Å²) >= 11 is 0. The zero-order chi connectivity index (χ0) is 10.7. The smallest absolute Gasteiger partial charge is 0.0388 e. The van der Waals surface area contributed by atoms with E-state index in [0.29, 0.717) is 12.0 Å². The molecule has 2 nitrogen and oxygen atoms in total. The lowest BCUT2D eigenvalue weighted by molar-refractivity contribution is 0.242. The van der Waals surface area contributed by atoms with Gasteiger partial charge in [0.1, 0.15) is 0 Å². The molecule has 0 saturated carbocycles. The van der Waals surface area contributed by atoms with Crippen molar-refractivity contribution < 1.29 is 0 Å². The molecule has 1 aromatic carbocycles. The lowest BCUT2D eigenvalue weighted by atomic mass is 9.94. The van der Waals surface area contributed by atoms with E-state index >= 15 is 0 Å². The van der Waals surface area contributed by atoms with Crippen molar-refractivity contribution in [2.45, 2.75) is 19.4 Å². The molecule has 0 spiro atoms. The largest absolute Gasteiger partial charge is 0.330 e. The van der Waals surface area contributed by atoms with Crippen LogP contribution >= 0.6 is 0 Å². The molecule has 0 bridgehead atoms. The average Bonchev–Trinajstić information content (AvgIpc) is 2.72. The van der Waals surface area contributed by atoms with Gasteiger partial charge >= 0.3 is 0 Å². The van der Waals surface area contributed by atoms with Crippen LogP contribution in [0.5, 0.6) is 0 Å². The van der Waals surface area contributed by atoms with Crippen molar-refractivity contribution >= 4 is 0 Å². The fourth-order valence-electron chi connectivity index (χ4n) is 2.66. The van der Waals surface area contributed by atoms with Crippen LogP contribution in [-0.4, -0.2) is 24.5 Å². The third kappa shape index (κ3) is 2.06. The van der Waals surface area contributed by atoms with E-state index in [1.807, 2.05) is 0 Å². The summed E-state index contributed by atoms with van der Waals surface area (Å²) in [5.74, 6) is 0.632. The first-order valence-corrected chi connectivity index (χ1v) is 5.86. The molecule has 15 heavy (non-hydrogen) atoms. The molecule has 2 rings (SSSR count). The summed E-state index contributed by atoms with van der Waals surface area (Å²) in [6.07, 6.45) is 1.24. The summed E-state index contributed by atoms with van der Waals surface area (Å²) in [6, 6.07) is 11.3. The van der Waals surface area contributed by atoms with Crippen LogP contribution in [0.15, 0.2) is 30.3 Å². The summed E-state index contributed by atoms with van der Waals surface area (Å²) in [7, 11) is 0. The van der Waals surface area contributed by atoms with Crippen molar-refractivity contribution in [1.29, 1.82) is 0 Å². The molecule has 1 heterocycles. The van der Waals surface area contributed by atoms with Crippen molar-refractivity contribution in [1.82, 2.24) is 4.90 Å². The molecule has 0 radical (unpaired) electrons. The Kier molecular flexibility index (Phi) is 3.39. The molecule has 0 aromatic heterocycles. The standard InChI is InChI=1S/C13H20N2/c1-2-15-9-8-12(10-14)13(15)11-6-4-3-5-7-11/h3-7,12-13H,2,8-10,14H2,1H3. The number of hydrogen-bond acceptors (Lipinski definition) is 2. The zero-order valence-electron chi connectivity index (χ0n) is 9.39. The maximum Gasteiger partial charge on any atom is 0.0388 e. The van der Waals surface area contributed by atoms with Crippen LogP contribution in [0.4, 0.5) is 0 Å². The fourth-order valence-corrected chi connectivity index (χ4v) is 2.66. The van der Waals surface area contributed by atoms with Crippen LogP contribution in [0.25, 0.3) is 0 Å². The van der Waals surface area contributed by atoms with Crippen molar-refractivity contribution in [2.75, 3.05) is 19.6 Å². The summed E-state index contributed by atoms with van der Waals surface area (Å²) in [5.41, 5.74) is 7.28. The molecule has 1 aliphatic rings. The van der Waals surface area contributed by atoms with Gasteiger partial charge in [0.15, 0.2) is 0 Å². The molecule has 1 fully saturated rings. The minimum atomic E-state index is 0.543. The van der Waals surface area contributed by atoms with Crippen molar-refractivity contribution in [3.63, 3.8) is 0 Å². The first kappa shape index (κ1) is 10.7. The normalized spacial score (nSPS) is 27.1. The third-order valence-electron chi connectivity index (χ3n) is 3.48. The number of rotatable bonds is 3. The fraction of sp³-hybridized carbons (Fsp3) is 0.538. The summed E-state index contributed by atoms with van der Waals surface area (Å²) < 4.78 is 0. The molecule has 0 amide bonds. The SMILES string of the molecule is CCN1CCC(CN)C1c1ccccc1. The summed E-state index contributed by atoms with van der Waals surface area (Å²) in [4.78, 5) is 2.53. The number of nitrogens with two attached hydrogens (primary N) is 1. The molecule has 2 heteroatoms. The second kappa shape index (κ2) is 4.77.